The van der Waals surface area contributed by atoms with Gasteiger partial charge in [-0.05, 0) is 38.8 Å². The van der Waals surface area contributed by atoms with Gasteiger partial charge in [0.25, 0.3) is 0 Å². The maximum atomic E-state index is 11.9. The van der Waals surface area contributed by atoms with E-state index in [1.807, 2.05) is 6.92 Å². The normalized spacial score (nSPS) is 12.6. The number of rotatable bonds is 5. The van der Waals surface area contributed by atoms with Crippen LogP contribution in [0.5, 0.6) is 0 Å². The molecule has 0 spiro atoms. The molecule has 0 aliphatic carbocycles. The first-order chi connectivity index (χ1) is 7.71. The van der Waals surface area contributed by atoms with E-state index in [0.29, 0.717) is 17.5 Å². The minimum absolute atomic E-state index is 0.0712. The molecule has 5 heteroatoms. The second-order valence-corrected chi connectivity index (χ2v) is 10.5. The van der Waals surface area contributed by atoms with Crippen molar-refractivity contribution in [3.8, 4) is 0 Å². The molecule has 0 saturated heterocycles. The zero-order valence-electron chi connectivity index (χ0n) is 10.5. The van der Waals surface area contributed by atoms with Crippen molar-refractivity contribution in [3.05, 3.63) is 29.8 Å². The standard InChI is InChI=1S/C12H19O3PS/c1-11-5-7-12(8-6-11)17(14,15)10-4-9-16(2,3)13/h5-8H,4,9-10H2,1-3H3. The summed E-state index contributed by atoms with van der Waals surface area (Å²) in [4.78, 5) is 0.352. The third kappa shape index (κ3) is 5.05. The SMILES string of the molecule is Cc1ccc(S(=O)(=O)CCCP(C)(C)=O)cc1. The lowest BCUT2D eigenvalue weighted by atomic mass is 10.2. The van der Waals surface area contributed by atoms with Crippen LogP contribution in [0.1, 0.15) is 12.0 Å². The van der Waals surface area contributed by atoms with Gasteiger partial charge in [-0.25, -0.2) is 8.42 Å². The Morgan fingerprint density at radius 3 is 2.12 bits per heavy atom. The predicted octanol–water partition coefficient (Wildman–Crippen LogP) is 2.78. The summed E-state index contributed by atoms with van der Waals surface area (Å²) in [7, 11) is -5.34. The largest absolute Gasteiger partial charge is 0.324 e. The molecular weight excluding hydrogens is 255 g/mol. The molecule has 3 nitrogen and oxygen atoms in total. The highest BCUT2D eigenvalue weighted by Crippen LogP contribution is 2.36. The highest BCUT2D eigenvalue weighted by Gasteiger charge is 2.15. The van der Waals surface area contributed by atoms with Crippen LogP contribution in [0.4, 0.5) is 0 Å². The molecule has 96 valence electrons. The van der Waals surface area contributed by atoms with Crippen LogP contribution in [0.3, 0.4) is 0 Å². The first kappa shape index (κ1) is 14.5. The summed E-state index contributed by atoms with van der Waals surface area (Å²) >= 11 is 0. The lowest BCUT2D eigenvalue weighted by Gasteiger charge is -2.07. The molecule has 0 aliphatic heterocycles. The minimum Gasteiger partial charge on any atom is -0.324 e. The van der Waals surface area contributed by atoms with Gasteiger partial charge in [0.1, 0.15) is 0 Å². The summed E-state index contributed by atoms with van der Waals surface area (Å²) in [5, 5.41) is 0. The number of benzene rings is 1. The molecule has 0 heterocycles. The second kappa shape index (κ2) is 5.36. The summed E-state index contributed by atoms with van der Waals surface area (Å²) in [6, 6.07) is 6.83. The molecule has 0 aromatic heterocycles. The van der Waals surface area contributed by atoms with Crippen LogP contribution < -0.4 is 0 Å². The lowest BCUT2D eigenvalue weighted by Crippen LogP contribution is -2.08. The first-order valence-corrected chi connectivity index (χ1v) is 9.98. The van der Waals surface area contributed by atoms with Crippen LogP contribution in [0.2, 0.25) is 0 Å². The van der Waals surface area contributed by atoms with Crippen molar-refractivity contribution < 1.29 is 13.0 Å². The summed E-state index contributed by atoms with van der Waals surface area (Å²) in [5.74, 6) is 0.0712. The van der Waals surface area contributed by atoms with Gasteiger partial charge >= 0.3 is 0 Å². The summed E-state index contributed by atoms with van der Waals surface area (Å²) in [6.07, 6.45) is 0.943. The van der Waals surface area contributed by atoms with Crippen LogP contribution in [-0.4, -0.2) is 33.7 Å². The molecule has 1 aromatic carbocycles. The van der Waals surface area contributed by atoms with Crippen molar-refractivity contribution in [1.82, 2.24) is 0 Å². The molecule has 0 fully saturated rings. The van der Waals surface area contributed by atoms with E-state index in [-0.39, 0.29) is 5.75 Å². The van der Waals surface area contributed by atoms with Gasteiger partial charge in [-0.3, -0.25) is 0 Å². The van der Waals surface area contributed by atoms with E-state index in [1.54, 1.807) is 37.6 Å². The zero-order valence-corrected chi connectivity index (χ0v) is 12.2. The van der Waals surface area contributed by atoms with Crippen LogP contribution >= 0.6 is 7.14 Å². The van der Waals surface area contributed by atoms with E-state index in [9.17, 15) is 13.0 Å². The molecule has 17 heavy (non-hydrogen) atoms. The monoisotopic (exact) mass is 274 g/mol. The number of sulfone groups is 1. The quantitative estimate of drug-likeness (QED) is 0.776. The molecule has 1 aromatic rings. The topological polar surface area (TPSA) is 51.2 Å². The third-order valence-electron chi connectivity index (χ3n) is 2.49. The molecule has 0 unspecified atom stereocenters. The Morgan fingerprint density at radius 2 is 1.65 bits per heavy atom. The summed E-state index contributed by atoms with van der Waals surface area (Å²) in [5.41, 5.74) is 1.04. The highest BCUT2D eigenvalue weighted by molar-refractivity contribution is 7.91. The van der Waals surface area contributed by atoms with Crippen molar-refractivity contribution in [1.29, 1.82) is 0 Å². The van der Waals surface area contributed by atoms with Gasteiger partial charge in [0.15, 0.2) is 9.84 Å². The Labute approximate surface area is 104 Å². The van der Waals surface area contributed by atoms with Gasteiger partial charge in [-0.1, -0.05) is 17.7 Å². The van der Waals surface area contributed by atoms with Gasteiger partial charge in [-0.2, -0.15) is 0 Å². The molecule has 0 amide bonds. The Balaban J connectivity index is 2.70. The highest BCUT2D eigenvalue weighted by atomic mass is 32.2. The maximum absolute atomic E-state index is 11.9. The van der Waals surface area contributed by atoms with Crippen molar-refractivity contribution >= 4 is 17.0 Å². The molecule has 1 rings (SSSR count). The van der Waals surface area contributed by atoms with E-state index in [2.05, 4.69) is 0 Å². The van der Waals surface area contributed by atoms with Crippen LogP contribution in [-0.2, 0) is 14.4 Å². The maximum Gasteiger partial charge on any atom is 0.178 e. The first-order valence-electron chi connectivity index (χ1n) is 5.54. The zero-order chi connectivity index (χ0) is 13.1. The molecule has 0 saturated carbocycles. The molecule has 0 aliphatic rings. The number of hydrogen-bond donors (Lipinski definition) is 0. The average molecular weight is 274 g/mol. The van der Waals surface area contributed by atoms with Gasteiger partial charge in [0.05, 0.1) is 17.8 Å². The predicted molar refractivity (Wildman–Crippen MR) is 72.2 cm³/mol. The molecular formula is C12H19O3PS. The van der Waals surface area contributed by atoms with Crippen LogP contribution in [0.25, 0.3) is 0 Å². The summed E-state index contributed by atoms with van der Waals surface area (Å²) in [6.45, 7) is 5.29. The Morgan fingerprint density at radius 1 is 1.12 bits per heavy atom. The van der Waals surface area contributed by atoms with E-state index in [0.717, 1.165) is 5.56 Å². The van der Waals surface area contributed by atoms with Gasteiger partial charge in [-0.15, -0.1) is 0 Å². The lowest BCUT2D eigenvalue weighted by molar-refractivity contribution is 0.580. The number of hydrogen-bond acceptors (Lipinski definition) is 3. The molecule has 0 radical (unpaired) electrons. The molecule has 0 N–H and O–H groups in total. The van der Waals surface area contributed by atoms with E-state index in [4.69, 9.17) is 0 Å². The van der Waals surface area contributed by atoms with E-state index < -0.39 is 17.0 Å². The molecule has 0 bridgehead atoms. The fourth-order valence-corrected chi connectivity index (χ4v) is 3.94. The van der Waals surface area contributed by atoms with Crippen molar-refractivity contribution in [2.45, 2.75) is 18.2 Å². The van der Waals surface area contributed by atoms with Crippen molar-refractivity contribution in [2.24, 2.45) is 0 Å². The summed E-state index contributed by atoms with van der Waals surface area (Å²) < 4.78 is 35.4. The fourth-order valence-electron chi connectivity index (χ4n) is 1.50. The second-order valence-electron chi connectivity index (χ2n) is 4.78. The van der Waals surface area contributed by atoms with Crippen molar-refractivity contribution in [2.75, 3.05) is 25.2 Å². The number of aryl methyl sites for hydroxylation is 1. The Bertz CT molecular complexity index is 511. The van der Waals surface area contributed by atoms with Crippen LogP contribution in [0.15, 0.2) is 29.2 Å². The third-order valence-corrected chi connectivity index (χ3v) is 5.70. The fraction of sp³-hybridized carbons (Fsp3) is 0.500. The Hall–Kier alpha value is -0.600. The van der Waals surface area contributed by atoms with E-state index in [1.165, 1.54) is 0 Å². The van der Waals surface area contributed by atoms with E-state index >= 15 is 0 Å². The van der Waals surface area contributed by atoms with Crippen LogP contribution in [0, 0.1) is 6.92 Å². The minimum atomic E-state index is -3.22. The average Bonchev–Trinajstić information content (AvgIpc) is 2.15. The van der Waals surface area contributed by atoms with Gasteiger partial charge in [0, 0.05) is 6.16 Å². The Kier molecular flexibility index (Phi) is 4.56. The van der Waals surface area contributed by atoms with Gasteiger partial charge < -0.3 is 4.57 Å². The van der Waals surface area contributed by atoms with Crippen molar-refractivity contribution in [3.63, 3.8) is 0 Å². The smallest absolute Gasteiger partial charge is 0.178 e. The molecule has 0 atom stereocenters. The van der Waals surface area contributed by atoms with Gasteiger partial charge in [0.2, 0.25) is 0 Å².